The van der Waals surface area contributed by atoms with Gasteiger partial charge >= 0.3 is 0 Å². The maximum Gasteiger partial charge on any atom is 0.0544 e. The zero-order valence-electron chi connectivity index (χ0n) is 12.2. The van der Waals surface area contributed by atoms with E-state index in [-0.39, 0.29) is 0 Å². The van der Waals surface area contributed by atoms with Gasteiger partial charge in [0, 0.05) is 19.3 Å². The number of pyridine rings is 1. The van der Waals surface area contributed by atoms with Gasteiger partial charge in [0.05, 0.1) is 5.69 Å². The molecular weight excluding hydrogens is 222 g/mol. The second-order valence-electron chi connectivity index (χ2n) is 5.14. The van der Waals surface area contributed by atoms with E-state index in [0.717, 1.165) is 38.4 Å². The van der Waals surface area contributed by atoms with Crippen molar-refractivity contribution in [2.45, 2.75) is 40.8 Å². The van der Waals surface area contributed by atoms with E-state index in [9.17, 15) is 0 Å². The first kappa shape index (κ1) is 15.1. The largest absolute Gasteiger partial charge is 0.312 e. The predicted molar refractivity (Wildman–Crippen MR) is 77.4 cm³/mol. The maximum absolute atomic E-state index is 4.53. The summed E-state index contributed by atoms with van der Waals surface area (Å²) in [6, 6.07) is 4.32. The predicted octanol–water partition coefficient (Wildman–Crippen LogP) is 2.67. The standard InChI is InChI=1S/C15H27N3/c1-5-18(6-2)12-15-8-7-14(11-17-15)10-16-9-13(3)4/h7-8,11,13,16H,5-6,9-10,12H2,1-4H3. The summed E-state index contributed by atoms with van der Waals surface area (Å²) in [7, 11) is 0. The topological polar surface area (TPSA) is 28.2 Å². The van der Waals surface area contributed by atoms with E-state index in [1.807, 2.05) is 6.20 Å². The van der Waals surface area contributed by atoms with Crippen LogP contribution in [0.1, 0.15) is 39.0 Å². The smallest absolute Gasteiger partial charge is 0.0544 e. The van der Waals surface area contributed by atoms with Crippen LogP contribution in [0.2, 0.25) is 0 Å². The average molecular weight is 249 g/mol. The minimum atomic E-state index is 0.694. The van der Waals surface area contributed by atoms with Crippen LogP contribution in [-0.2, 0) is 13.1 Å². The Bertz CT molecular complexity index is 315. The van der Waals surface area contributed by atoms with Crippen molar-refractivity contribution in [3.05, 3.63) is 29.6 Å². The Morgan fingerprint density at radius 3 is 2.44 bits per heavy atom. The molecule has 1 rings (SSSR count). The molecule has 1 heterocycles. The molecule has 0 aromatic carbocycles. The van der Waals surface area contributed by atoms with Gasteiger partial charge in [-0.1, -0.05) is 33.8 Å². The molecule has 0 bridgehead atoms. The maximum atomic E-state index is 4.53. The monoisotopic (exact) mass is 249 g/mol. The van der Waals surface area contributed by atoms with Crippen LogP contribution in [0.4, 0.5) is 0 Å². The molecule has 0 unspecified atom stereocenters. The van der Waals surface area contributed by atoms with E-state index in [4.69, 9.17) is 0 Å². The van der Waals surface area contributed by atoms with Crippen molar-refractivity contribution in [1.82, 2.24) is 15.2 Å². The molecule has 0 spiro atoms. The lowest BCUT2D eigenvalue weighted by Gasteiger charge is -2.17. The second-order valence-corrected chi connectivity index (χ2v) is 5.14. The van der Waals surface area contributed by atoms with Gasteiger partial charge in [-0.3, -0.25) is 9.88 Å². The van der Waals surface area contributed by atoms with E-state index in [0.29, 0.717) is 5.92 Å². The average Bonchev–Trinajstić information content (AvgIpc) is 2.37. The van der Waals surface area contributed by atoms with E-state index in [2.05, 4.69) is 55.0 Å². The highest BCUT2D eigenvalue weighted by Crippen LogP contribution is 2.04. The lowest BCUT2D eigenvalue weighted by Crippen LogP contribution is -2.23. The molecule has 1 aromatic heterocycles. The fourth-order valence-corrected chi connectivity index (χ4v) is 1.83. The van der Waals surface area contributed by atoms with Crippen molar-refractivity contribution in [3.63, 3.8) is 0 Å². The number of hydrogen-bond acceptors (Lipinski definition) is 3. The molecule has 3 heteroatoms. The van der Waals surface area contributed by atoms with Gasteiger partial charge < -0.3 is 5.32 Å². The van der Waals surface area contributed by atoms with Gasteiger partial charge in [-0.25, -0.2) is 0 Å². The Morgan fingerprint density at radius 1 is 1.22 bits per heavy atom. The van der Waals surface area contributed by atoms with Crippen LogP contribution in [0.25, 0.3) is 0 Å². The van der Waals surface area contributed by atoms with Crippen molar-refractivity contribution >= 4 is 0 Å². The van der Waals surface area contributed by atoms with Crippen LogP contribution in [0.5, 0.6) is 0 Å². The zero-order valence-corrected chi connectivity index (χ0v) is 12.2. The summed E-state index contributed by atoms with van der Waals surface area (Å²) in [5.74, 6) is 0.694. The fraction of sp³-hybridized carbons (Fsp3) is 0.667. The van der Waals surface area contributed by atoms with Gasteiger partial charge in [0.1, 0.15) is 0 Å². The third-order valence-electron chi connectivity index (χ3n) is 3.05. The van der Waals surface area contributed by atoms with Gasteiger partial charge in [0.2, 0.25) is 0 Å². The Morgan fingerprint density at radius 2 is 1.94 bits per heavy atom. The number of nitrogens with zero attached hydrogens (tertiary/aromatic N) is 2. The second kappa shape index (κ2) is 8.22. The molecule has 0 amide bonds. The van der Waals surface area contributed by atoms with Gasteiger partial charge in [-0.15, -0.1) is 0 Å². The first-order valence-electron chi connectivity index (χ1n) is 7.02. The van der Waals surface area contributed by atoms with E-state index in [1.165, 1.54) is 5.56 Å². The normalized spacial score (nSPS) is 11.4. The fourth-order valence-electron chi connectivity index (χ4n) is 1.83. The highest BCUT2D eigenvalue weighted by molar-refractivity contribution is 5.13. The van der Waals surface area contributed by atoms with Crippen LogP contribution < -0.4 is 5.32 Å². The summed E-state index contributed by atoms with van der Waals surface area (Å²) >= 11 is 0. The molecule has 1 aromatic rings. The number of nitrogens with one attached hydrogen (secondary N) is 1. The minimum Gasteiger partial charge on any atom is -0.312 e. The molecule has 0 aliphatic rings. The Hall–Kier alpha value is -0.930. The molecule has 0 aliphatic carbocycles. The summed E-state index contributed by atoms with van der Waals surface area (Å²) in [5.41, 5.74) is 2.42. The van der Waals surface area contributed by atoms with Crippen LogP contribution in [0.15, 0.2) is 18.3 Å². The highest BCUT2D eigenvalue weighted by Gasteiger charge is 2.02. The van der Waals surface area contributed by atoms with E-state index < -0.39 is 0 Å². The molecular formula is C15H27N3. The van der Waals surface area contributed by atoms with E-state index in [1.54, 1.807) is 0 Å². The SMILES string of the molecule is CCN(CC)Cc1ccc(CNCC(C)C)cn1. The highest BCUT2D eigenvalue weighted by atomic mass is 15.1. The van der Waals surface area contributed by atoms with Gasteiger partial charge in [0.25, 0.3) is 0 Å². The van der Waals surface area contributed by atoms with Crippen molar-refractivity contribution in [2.24, 2.45) is 5.92 Å². The number of hydrogen-bond donors (Lipinski definition) is 1. The molecule has 0 fully saturated rings. The molecule has 0 saturated carbocycles. The van der Waals surface area contributed by atoms with Crippen molar-refractivity contribution < 1.29 is 0 Å². The molecule has 0 radical (unpaired) electrons. The minimum absolute atomic E-state index is 0.694. The Balaban J connectivity index is 2.42. The quantitative estimate of drug-likeness (QED) is 0.768. The summed E-state index contributed by atoms with van der Waals surface area (Å²) in [6.07, 6.45) is 1.99. The van der Waals surface area contributed by atoms with Gasteiger partial charge in [0.15, 0.2) is 0 Å². The lowest BCUT2D eigenvalue weighted by molar-refractivity contribution is 0.292. The molecule has 0 atom stereocenters. The summed E-state index contributed by atoms with van der Waals surface area (Å²) in [5, 5.41) is 3.43. The molecule has 0 saturated heterocycles. The number of rotatable bonds is 8. The van der Waals surface area contributed by atoms with Crippen molar-refractivity contribution in [2.75, 3.05) is 19.6 Å². The van der Waals surface area contributed by atoms with Crippen LogP contribution in [-0.4, -0.2) is 29.5 Å². The lowest BCUT2D eigenvalue weighted by atomic mass is 10.2. The van der Waals surface area contributed by atoms with Crippen LogP contribution in [0.3, 0.4) is 0 Å². The zero-order chi connectivity index (χ0) is 13.4. The number of aromatic nitrogens is 1. The van der Waals surface area contributed by atoms with Gasteiger partial charge in [-0.2, -0.15) is 0 Å². The molecule has 1 N–H and O–H groups in total. The first-order valence-corrected chi connectivity index (χ1v) is 7.02. The summed E-state index contributed by atoms with van der Waals surface area (Å²) in [6.45, 7) is 13.9. The third kappa shape index (κ3) is 5.61. The van der Waals surface area contributed by atoms with Crippen molar-refractivity contribution in [1.29, 1.82) is 0 Å². The summed E-state index contributed by atoms with van der Waals surface area (Å²) in [4.78, 5) is 6.90. The Labute approximate surface area is 112 Å². The third-order valence-corrected chi connectivity index (χ3v) is 3.05. The Kier molecular flexibility index (Phi) is 6.91. The molecule has 102 valence electrons. The van der Waals surface area contributed by atoms with Crippen LogP contribution in [0, 0.1) is 5.92 Å². The van der Waals surface area contributed by atoms with Crippen LogP contribution >= 0.6 is 0 Å². The molecule has 18 heavy (non-hydrogen) atoms. The van der Waals surface area contributed by atoms with Gasteiger partial charge in [-0.05, 0) is 37.2 Å². The van der Waals surface area contributed by atoms with Crippen molar-refractivity contribution in [3.8, 4) is 0 Å². The first-order chi connectivity index (χ1) is 8.65. The molecule has 3 nitrogen and oxygen atoms in total. The summed E-state index contributed by atoms with van der Waals surface area (Å²) < 4.78 is 0. The molecule has 0 aliphatic heterocycles. The van der Waals surface area contributed by atoms with E-state index >= 15 is 0 Å².